The van der Waals surface area contributed by atoms with Crippen LogP contribution in [0.1, 0.15) is 46.5 Å². The van der Waals surface area contributed by atoms with Gasteiger partial charge in [-0.1, -0.05) is 0 Å². The molecule has 0 bridgehead atoms. The molecule has 0 unspecified atom stereocenters. The van der Waals surface area contributed by atoms with E-state index in [-0.39, 0.29) is 18.0 Å². The van der Waals surface area contributed by atoms with Crippen molar-refractivity contribution in [3.8, 4) is 0 Å². The van der Waals surface area contributed by atoms with E-state index in [4.69, 9.17) is 4.74 Å². The number of hydrogen-bond acceptors (Lipinski definition) is 3. The molecule has 1 saturated carbocycles. The first kappa shape index (κ1) is 20.0. The summed E-state index contributed by atoms with van der Waals surface area (Å²) in [5.74, 6) is 0.308. The summed E-state index contributed by atoms with van der Waals surface area (Å²) in [6, 6.07) is 5.40. The molecule has 4 nitrogen and oxygen atoms in total. The minimum absolute atomic E-state index is 0.182. The van der Waals surface area contributed by atoms with Gasteiger partial charge in [-0.05, 0) is 86.5 Å². The summed E-state index contributed by atoms with van der Waals surface area (Å²) >= 11 is 3.18. The number of hydrogen-bond donors (Lipinski definition) is 1. The monoisotopic (exact) mass is 414 g/mol. The molecule has 0 atom stereocenters. The summed E-state index contributed by atoms with van der Waals surface area (Å²) in [7, 11) is 1.99. The second kappa shape index (κ2) is 8.39. The Morgan fingerprint density at radius 2 is 1.96 bits per heavy atom. The first-order chi connectivity index (χ1) is 11.6. The number of benzene rings is 1. The summed E-state index contributed by atoms with van der Waals surface area (Å²) in [6.45, 7) is 6.49. The standard InChI is InChI=1S/C19H28BrFN2O2/c1-19(2,3)25-18(24)22-14-7-5-13(6-8-14)12-23(4)15-9-10-16(20)17(21)11-15/h9-11,13-14H,5-8,12H2,1-4H3,(H,22,24)/t13-,14-. The van der Waals surface area contributed by atoms with Crippen LogP contribution in [-0.4, -0.2) is 31.3 Å². The molecule has 1 aromatic carbocycles. The van der Waals surface area contributed by atoms with E-state index >= 15 is 0 Å². The van der Waals surface area contributed by atoms with Crippen molar-refractivity contribution >= 4 is 27.7 Å². The van der Waals surface area contributed by atoms with Crippen molar-refractivity contribution in [1.82, 2.24) is 5.32 Å². The lowest BCUT2D eigenvalue weighted by Crippen LogP contribution is -2.41. The highest BCUT2D eigenvalue weighted by molar-refractivity contribution is 9.10. The van der Waals surface area contributed by atoms with E-state index in [1.54, 1.807) is 12.1 Å². The van der Waals surface area contributed by atoms with Gasteiger partial charge in [0.15, 0.2) is 0 Å². The minimum atomic E-state index is -0.468. The summed E-state index contributed by atoms with van der Waals surface area (Å²) in [5.41, 5.74) is 0.416. The molecule has 0 saturated heterocycles. The number of ether oxygens (including phenoxy) is 1. The zero-order valence-corrected chi connectivity index (χ0v) is 17.0. The molecule has 0 aromatic heterocycles. The summed E-state index contributed by atoms with van der Waals surface area (Å²) in [4.78, 5) is 13.9. The Kier molecular flexibility index (Phi) is 6.72. The fraction of sp³-hybridized carbons (Fsp3) is 0.632. The number of alkyl carbamates (subject to hydrolysis) is 1. The Bertz CT molecular complexity index is 596. The zero-order chi connectivity index (χ0) is 18.6. The van der Waals surface area contributed by atoms with Gasteiger partial charge in [-0.15, -0.1) is 0 Å². The molecule has 0 radical (unpaired) electrons. The van der Waals surface area contributed by atoms with Crippen LogP contribution in [-0.2, 0) is 4.74 Å². The first-order valence-corrected chi connectivity index (χ1v) is 9.59. The molecule has 140 valence electrons. The fourth-order valence-electron chi connectivity index (χ4n) is 3.18. The molecule has 1 aromatic rings. The molecule has 0 heterocycles. The maximum absolute atomic E-state index is 13.7. The van der Waals surface area contributed by atoms with Crippen molar-refractivity contribution in [2.75, 3.05) is 18.5 Å². The molecular weight excluding hydrogens is 387 g/mol. The molecular formula is C19H28BrFN2O2. The predicted molar refractivity (Wildman–Crippen MR) is 102 cm³/mol. The number of amides is 1. The average Bonchev–Trinajstić information content (AvgIpc) is 2.50. The zero-order valence-electron chi connectivity index (χ0n) is 15.4. The van der Waals surface area contributed by atoms with Crippen molar-refractivity contribution < 1.29 is 13.9 Å². The molecule has 6 heteroatoms. The van der Waals surface area contributed by atoms with Crippen LogP contribution in [0.4, 0.5) is 14.9 Å². The fourth-order valence-corrected chi connectivity index (χ4v) is 3.43. The van der Waals surface area contributed by atoms with Crippen LogP contribution in [0.3, 0.4) is 0 Å². The molecule has 0 spiro atoms. The Labute approximate surface area is 158 Å². The van der Waals surface area contributed by atoms with Gasteiger partial charge in [0.2, 0.25) is 0 Å². The van der Waals surface area contributed by atoms with Crippen molar-refractivity contribution in [3.05, 3.63) is 28.5 Å². The lowest BCUT2D eigenvalue weighted by molar-refractivity contribution is 0.0488. The van der Waals surface area contributed by atoms with E-state index in [0.717, 1.165) is 37.9 Å². The molecule has 1 fully saturated rings. The van der Waals surface area contributed by atoms with Crippen LogP contribution in [0.5, 0.6) is 0 Å². The van der Waals surface area contributed by atoms with Crippen LogP contribution in [0.15, 0.2) is 22.7 Å². The van der Waals surface area contributed by atoms with E-state index in [0.29, 0.717) is 10.4 Å². The number of anilines is 1. The van der Waals surface area contributed by atoms with Crippen LogP contribution in [0.2, 0.25) is 0 Å². The number of carbonyl (C=O) groups is 1. The van der Waals surface area contributed by atoms with E-state index in [1.807, 2.05) is 33.9 Å². The molecule has 2 rings (SSSR count). The summed E-state index contributed by atoms with van der Waals surface area (Å²) < 4.78 is 19.5. The second-order valence-corrected chi connectivity index (χ2v) is 8.70. The van der Waals surface area contributed by atoms with Gasteiger partial charge >= 0.3 is 6.09 Å². The molecule has 0 aliphatic heterocycles. The van der Waals surface area contributed by atoms with Gasteiger partial charge in [0.25, 0.3) is 0 Å². The van der Waals surface area contributed by atoms with Crippen LogP contribution < -0.4 is 10.2 Å². The SMILES string of the molecule is CN(C[C@H]1CC[C@H](NC(=O)OC(C)(C)C)CC1)c1ccc(Br)c(F)c1. The molecule has 1 aliphatic rings. The normalized spacial score (nSPS) is 20.9. The van der Waals surface area contributed by atoms with Gasteiger partial charge in [0, 0.05) is 25.3 Å². The third-order valence-electron chi connectivity index (χ3n) is 4.44. The largest absolute Gasteiger partial charge is 0.444 e. The molecule has 25 heavy (non-hydrogen) atoms. The van der Waals surface area contributed by atoms with Crippen molar-refractivity contribution in [2.45, 2.75) is 58.1 Å². The number of halogens is 2. The van der Waals surface area contributed by atoms with E-state index < -0.39 is 5.60 Å². The lowest BCUT2D eigenvalue weighted by atomic mass is 9.85. The van der Waals surface area contributed by atoms with Crippen LogP contribution in [0, 0.1) is 11.7 Å². The summed E-state index contributed by atoms with van der Waals surface area (Å²) in [5, 5.41) is 2.97. The Morgan fingerprint density at radius 3 is 2.52 bits per heavy atom. The topological polar surface area (TPSA) is 41.6 Å². The van der Waals surface area contributed by atoms with Gasteiger partial charge in [-0.2, -0.15) is 0 Å². The smallest absolute Gasteiger partial charge is 0.407 e. The predicted octanol–water partition coefficient (Wildman–Crippen LogP) is 5.11. The third kappa shape index (κ3) is 6.49. The van der Waals surface area contributed by atoms with Crippen molar-refractivity contribution in [3.63, 3.8) is 0 Å². The van der Waals surface area contributed by atoms with E-state index in [9.17, 15) is 9.18 Å². The van der Waals surface area contributed by atoms with Crippen molar-refractivity contribution in [1.29, 1.82) is 0 Å². The van der Waals surface area contributed by atoms with Crippen molar-refractivity contribution in [2.24, 2.45) is 5.92 Å². The van der Waals surface area contributed by atoms with Gasteiger partial charge in [-0.3, -0.25) is 0 Å². The summed E-state index contributed by atoms with van der Waals surface area (Å²) in [6.07, 6.45) is 3.66. The molecule has 1 N–H and O–H groups in total. The Hall–Kier alpha value is -1.30. The first-order valence-electron chi connectivity index (χ1n) is 8.80. The van der Waals surface area contributed by atoms with E-state index in [1.165, 1.54) is 0 Å². The number of carbonyl (C=O) groups excluding carboxylic acids is 1. The number of nitrogens with one attached hydrogen (secondary N) is 1. The molecule has 1 amide bonds. The highest BCUT2D eigenvalue weighted by atomic mass is 79.9. The number of nitrogens with zero attached hydrogens (tertiary/aromatic N) is 1. The van der Waals surface area contributed by atoms with E-state index in [2.05, 4.69) is 26.1 Å². The molecule has 1 aliphatic carbocycles. The Morgan fingerprint density at radius 1 is 1.32 bits per heavy atom. The van der Waals surface area contributed by atoms with Gasteiger partial charge < -0.3 is 15.0 Å². The number of rotatable bonds is 4. The second-order valence-electron chi connectivity index (χ2n) is 7.84. The van der Waals surface area contributed by atoms with Crippen LogP contribution in [0.25, 0.3) is 0 Å². The lowest BCUT2D eigenvalue weighted by Gasteiger charge is -2.32. The highest BCUT2D eigenvalue weighted by Crippen LogP contribution is 2.28. The minimum Gasteiger partial charge on any atom is -0.444 e. The third-order valence-corrected chi connectivity index (χ3v) is 5.09. The average molecular weight is 415 g/mol. The maximum atomic E-state index is 13.7. The highest BCUT2D eigenvalue weighted by Gasteiger charge is 2.25. The van der Waals surface area contributed by atoms with Gasteiger partial charge in [0.05, 0.1) is 4.47 Å². The quantitative estimate of drug-likeness (QED) is 0.743. The van der Waals surface area contributed by atoms with Gasteiger partial charge in [-0.25, -0.2) is 9.18 Å². The van der Waals surface area contributed by atoms with Crippen LogP contribution >= 0.6 is 15.9 Å². The Balaban J connectivity index is 1.78. The van der Waals surface area contributed by atoms with Gasteiger partial charge in [0.1, 0.15) is 11.4 Å². The maximum Gasteiger partial charge on any atom is 0.407 e.